The van der Waals surface area contributed by atoms with Gasteiger partial charge in [0, 0.05) is 72.2 Å². The number of rotatable bonds is 10. The predicted octanol–water partition coefficient (Wildman–Crippen LogP) is 17.9. The number of hydrogen-bond donors (Lipinski definition) is 0. The second-order valence-corrected chi connectivity index (χ2v) is 22.7. The number of fused-ring (bicyclic) bond motifs is 4. The van der Waals surface area contributed by atoms with Crippen LogP contribution in [0.4, 0.5) is 22.7 Å². The minimum absolute atomic E-state index is 0. The molecule has 5 nitrogen and oxygen atoms in total. The molecule has 74 heavy (non-hydrogen) atoms. The van der Waals surface area contributed by atoms with Gasteiger partial charge in [-0.2, -0.15) is 6.07 Å². The average molecular weight is 1150 g/mol. The number of pyridine rings is 1. The molecule has 8 aromatic carbocycles. The Balaban J connectivity index is 0.00000626. The molecule has 0 saturated carbocycles. The molecule has 1 aliphatic heterocycles. The third kappa shape index (κ3) is 9.37. The van der Waals surface area contributed by atoms with Crippen LogP contribution in [0.5, 0.6) is 11.5 Å². The zero-order valence-electron chi connectivity index (χ0n) is 44.1. The first-order valence-corrected chi connectivity index (χ1v) is 25.5. The molecule has 0 bridgehead atoms. The van der Waals surface area contributed by atoms with Crippen molar-refractivity contribution in [1.82, 2.24) is 9.55 Å². The van der Waals surface area contributed by atoms with Crippen LogP contribution in [0.3, 0.4) is 0 Å². The van der Waals surface area contributed by atoms with Crippen molar-refractivity contribution in [3.8, 4) is 28.4 Å². The normalized spacial score (nSPS) is 13.1. The van der Waals surface area contributed by atoms with E-state index in [-0.39, 0.29) is 42.7 Å². The topological polar surface area (TPSA) is 33.5 Å². The molecule has 0 atom stereocenters. The van der Waals surface area contributed by atoms with Gasteiger partial charge in [-0.3, -0.25) is 0 Å². The van der Waals surface area contributed by atoms with Gasteiger partial charge in [0.15, 0.2) is 0 Å². The zero-order valence-corrected chi connectivity index (χ0v) is 46.3. The van der Waals surface area contributed by atoms with Gasteiger partial charge in [0.2, 0.25) is 0 Å². The van der Waals surface area contributed by atoms with E-state index in [1.807, 2.05) is 12.3 Å². The number of hydrogen-bond acceptors (Lipinski definition) is 4. The minimum Gasteiger partial charge on any atom is -0.509 e. The Morgan fingerprint density at radius 1 is 0.446 bits per heavy atom. The standard InChI is InChI=1S/C68H63N4O.Pt/c1-65(2,3)50-35-36-69-64(42-50)72-60-33-29-47(46-21-14-11-15-22-46)37-59(60)58-32-31-56(44-62(58)72)73-57-40-53(66(4,5)6)39-55(43-57)71-45-70(54-28-20-27-51(38-54)67(7,8)48-23-16-12-17-24-48)61-34-30-52(41-63(61)71)68(9,10)49-25-18-13-19-26-49;/h11-42,45H,1-10H3;/q-3;. The van der Waals surface area contributed by atoms with Crippen molar-refractivity contribution in [3.05, 3.63) is 246 Å². The van der Waals surface area contributed by atoms with Gasteiger partial charge in [-0.05, 0) is 97.6 Å². The summed E-state index contributed by atoms with van der Waals surface area (Å²) in [6.07, 6.45) is 1.92. The maximum absolute atomic E-state index is 7.01. The molecule has 374 valence electrons. The SMILES string of the molecule is CC(C)(C)c1cc(Oc2[c-]c3c(cc2)c2cc(-c4ccccc4)ccc2n3-c2cc(C(C)(C)C)ccn2)[c-]c(N2[CH-]N(c3cccc(C(C)(C)c4ccccc4)c3)c3ccc(C(C)(C)c4ccccc4)cc32)c1.[Pt]. The van der Waals surface area contributed by atoms with E-state index in [1.165, 1.54) is 33.4 Å². The van der Waals surface area contributed by atoms with Gasteiger partial charge in [-0.1, -0.05) is 196 Å². The van der Waals surface area contributed by atoms with Gasteiger partial charge < -0.3 is 19.1 Å². The molecule has 0 aliphatic carbocycles. The Hall–Kier alpha value is -7.20. The number of anilines is 4. The number of nitrogens with zero attached hydrogens (tertiary/aromatic N) is 4. The van der Waals surface area contributed by atoms with Crippen molar-refractivity contribution in [2.75, 3.05) is 9.80 Å². The molecule has 11 rings (SSSR count). The zero-order chi connectivity index (χ0) is 50.9. The Labute approximate surface area is 452 Å². The van der Waals surface area contributed by atoms with Gasteiger partial charge in [-0.25, -0.2) is 4.98 Å². The predicted molar refractivity (Wildman–Crippen MR) is 304 cm³/mol. The largest absolute Gasteiger partial charge is 0.509 e. The molecule has 0 radical (unpaired) electrons. The van der Waals surface area contributed by atoms with Crippen LogP contribution in [0, 0.1) is 18.8 Å². The summed E-state index contributed by atoms with van der Waals surface area (Å²) in [6, 6.07) is 75.2. The van der Waals surface area contributed by atoms with Crippen LogP contribution in [-0.4, -0.2) is 9.55 Å². The van der Waals surface area contributed by atoms with Crippen molar-refractivity contribution in [1.29, 1.82) is 0 Å². The Bertz CT molecular complexity index is 3660. The molecule has 2 aromatic heterocycles. The first kappa shape index (κ1) is 50.3. The van der Waals surface area contributed by atoms with Crippen LogP contribution in [0.15, 0.2) is 194 Å². The maximum Gasteiger partial charge on any atom is 0.135 e. The average Bonchev–Trinajstić information content (AvgIpc) is 3.94. The molecule has 0 N–H and O–H groups in total. The second-order valence-electron chi connectivity index (χ2n) is 22.7. The number of aromatic nitrogens is 2. The minimum atomic E-state index is -0.260. The van der Waals surface area contributed by atoms with Gasteiger partial charge >= 0.3 is 0 Å². The van der Waals surface area contributed by atoms with Gasteiger partial charge in [0.25, 0.3) is 0 Å². The number of benzene rings is 8. The molecule has 0 saturated heterocycles. The molecule has 1 aliphatic rings. The molecule has 3 heterocycles. The second kappa shape index (κ2) is 19.3. The van der Waals surface area contributed by atoms with E-state index in [0.717, 1.165) is 61.5 Å². The monoisotopic (exact) mass is 1150 g/mol. The summed E-state index contributed by atoms with van der Waals surface area (Å²) in [5, 5.41) is 2.20. The summed E-state index contributed by atoms with van der Waals surface area (Å²) in [7, 11) is 0. The summed E-state index contributed by atoms with van der Waals surface area (Å²) < 4.78 is 9.25. The summed E-state index contributed by atoms with van der Waals surface area (Å²) in [5.41, 5.74) is 15.0. The molecule has 0 unspecified atom stereocenters. The fourth-order valence-electron chi connectivity index (χ4n) is 10.3. The Morgan fingerprint density at radius 2 is 1.08 bits per heavy atom. The summed E-state index contributed by atoms with van der Waals surface area (Å²) in [4.78, 5) is 9.60. The van der Waals surface area contributed by atoms with E-state index in [0.29, 0.717) is 11.5 Å². The summed E-state index contributed by atoms with van der Waals surface area (Å²) in [5.74, 6) is 2.05. The Kier molecular flexibility index (Phi) is 13.1. The molecule has 0 fully saturated rings. The van der Waals surface area contributed by atoms with E-state index in [2.05, 4.69) is 284 Å². The fraction of sp³-hybridized carbons (Fsp3) is 0.206. The first-order valence-electron chi connectivity index (χ1n) is 25.5. The van der Waals surface area contributed by atoms with Crippen molar-refractivity contribution >= 4 is 44.6 Å². The molecule has 0 amide bonds. The third-order valence-corrected chi connectivity index (χ3v) is 15.1. The molecular formula is C68H63N4OPt-3. The van der Waals surface area contributed by atoms with Crippen LogP contribution in [0.1, 0.15) is 103 Å². The maximum atomic E-state index is 7.01. The first-order chi connectivity index (χ1) is 34.9. The number of ether oxygens (including phenoxy) is 1. The smallest absolute Gasteiger partial charge is 0.135 e. The van der Waals surface area contributed by atoms with Crippen LogP contribution in [0.2, 0.25) is 0 Å². The van der Waals surface area contributed by atoms with Crippen LogP contribution < -0.4 is 14.5 Å². The molecule has 6 heteroatoms. The van der Waals surface area contributed by atoms with Crippen molar-refractivity contribution in [2.45, 2.75) is 90.9 Å². The van der Waals surface area contributed by atoms with Crippen LogP contribution >= 0.6 is 0 Å². The van der Waals surface area contributed by atoms with E-state index in [9.17, 15) is 0 Å². The van der Waals surface area contributed by atoms with Crippen molar-refractivity contribution in [2.24, 2.45) is 0 Å². The van der Waals surface area contributed by atoms with E-state index in [1.54, 1.807) is 0 Å². The molecule has 0 spiro atoms. The third-order valence-electron chi connectivity index (χ3n) is 15.1. The fourth-order valence-corrected chi connectivity index (χ4v) is 10.3. The van der Waals surface area contributed by atoms with E-state index >= 15 is 0 Å². The molecule has 10 aromatic rings. The van der Waals surface area contributed by atoms with Gasteiger partial charge in [0.05, 0.1) is 0 Å². The van der Waals surface area contributed by atoms with Crippen LogP contribution in [0.25, 0.3) is 38.8 Å². The van der Waals surface area contributed by atoms with Crippen LogP contribution in [-0.2, 0) is 42.7 Å². The quantitative estimate of drug-likeness (QED) is 0.128. The Morgan fingerprint density at radius 3 is 1.74 bits per heavy atom. The van der Waals surface area contributed by atoms with Gasteiger partial charge in [-0.15, -0.1) is 53.6 Å². The van der Waals surface area contributed by atoms with Gasteiger partial charge in [0.1, 0.15) is 5.82 Å². The van der Waals surface area contributed by atoms with E-state index in [4.69, 9.17) is 9.72 Å². The van der Waals surface area contributed by atoms with E-state index < -0.39 is 0 Å². The molecular weight excluding hydrogens is 1080 g/mol. The summed E-state index contributed by atoms with van der Waals surface area (Å²) in [6.45, 7) is 24.9. The summed E-state index contributed by atoms with van der Waals surface area (Å²) >= 11 is 0. The van der Waals surface area contributed by atoms with Crippen molar-refractivity contribution in [3.63, 3.8) is 0 Å². The van der Waals surface area contributed by atoms with Crippen molar-refractivity contribution < 1.29 is 25.8 Å².